The summed E-state index contributed by atoms with van der Waals surface area (Å²) in [5.74, 6) is -0.773. The Balaban J connectivity index is 0.000000178. The van der Waals surface area contributed by atoms with E-state index in [1.54, 1.807) is 28.0 Å². The van der Waals surface area contributed by atoms with Gasteiger partial charge in [-0.25, -0.2) is 28.0 Å². The third-order valence-corrected chi connectivity index (χ3v) is 25.5. The summed E-state index contributed by atoms with van der Waals surface area (Å²) < 4.78 is 118. The maximum atomic E-state index is 14.3. The zero-order valence-corrected chi connectivity index (χ0v) is 76.7. The monoisotopic (exact) mass is 1810 g/mol. The molecule has 13 rings (SSSR count). The van der Waals surface area contributed by atoms with Gasteiger partial charge in [-0.3, -0.25) is 0 Å². The summed E-state index contributed by atoms with van der Waals surface area (Å²) in [5, 5.41) is 10.7. The molecule has 5 aliphatic rings. The molecular formula is C100H128Cl2F8N12O6. The second-order valence-electron chi connectivity index (χ2n) is 34.1. The molecule has 8 aromatic rings. The predicted octanol–water partition coefficient (Wildman–Crippen LogP) is 25.0. The average molecular weight is 1820 g/mol. The van der Waals surface area contributed by atoms with Gasteiger partial charge in [0.25, 0.3) is 0 Å². The first-order valence-corrected chi connectivity index (χ1v) is 46.3. The molecule has 0 spiro atoms. The molecule has 28 heteroatoms. The van der Waals surface area contributed by atoms with Gasteiger partial charge in [-0.15, -0.1) is 0 Å². The molecule has 4 fully saturated rings. The van der Waals surface area contributed by atoms with E-state index in [1.165, 1.54) is 61.6 Å². The van der Waals surface area contributed by atoms with E-state index < -0.39 is 52.2 Å². The molecule has 4 N–H and O–H groups in total. The molecule has 8 amide bonds. The van der Waals surface area contributed by atoms with E-state index in [1.807, 2.05) is 107 Å². The van der Waals surface area contributed by atoms with E-state index in [4.69, 9.17) is 32.7 Å². The van der Waals surface area contributed by atoms with Crippen LogP contribution in [0.2, 0.25) is 10.0 Å². The Morgan fingerprint density at radius 3 is 1.20 bits per heavy atom. The largest absolute Gasteiger partial charge is 0.454 e. The van der Waals surface area contributed by atoms with E-state index in [0.29, 0.717) is 61.4 Å². The predicted molar refractivity (Wildman–Crippen MR) is 496 cm³/mol. The molecule has 8 aromatic carbocycles. The minimum Gasteiger partial charge on any atom is -0.454 e. The first-order chi connectivity index (χ1) is 61.5. The van der Waals surface area contributed by atoms with Gasteiger partial charge in [-0.2, -0.15) is 26.3 Å². The molecule has 18 nitrogen and oxygen atoms in total. The number of hydrogen-bond acceptors (Lipinski definition) is 10. The van der Waals surface area contributed by atoms with E-state index in [0.717, 1.165) is 176 Å². The number of urea groups is 4. The van der Waals surface area contributed by atoms with Crippen LogP contribution >= 0.6 is 23.2 Å². The van der Waals surface area contributed by atoms with Crippen LogP contribution < -0.4 is 30.7 Å². The molecule has 128 heavy (non-hydrogen) atoms. The molecule has 4 saturated heterocycles. The van der Waals surface area contributed by atoms with Crippen molar-refractivity contribution >= 4 is 70.1 Å². The third kappa shape index (κ3) is 30.2. The van der Waals surface area contributed by atoms with Crippen molar-refractivity contribution in [2.24, 2.45) is 0 Å². The number of alkyl halides is 6. The van der Waals surface area contributed by atoms with Gasteiger partial charge in [0.1, 0.15) is 5.82 Å². The Bertz CT molecular complexity index is 4750. The Labute approximate surface area is 761 Å². The van der Waals surface area contributed by atoms with Crippen LogP contribution in [0.25, 0.3) is 0 Å². The molecule has 5 heterocycles. The Morgan fingerprint density at radius 1 is 0.398 bits per heavy atom. The molecule has 0 saturated carbocycles. The number of halogens is 10. The van der Waals surface area contributed by atoms with Crippen LogP contribution in [0.15, 0.2) is 188 Å². The van der Waals surface area contributed by atoms with Gasteiger partial charge in [0.15, 0.2) is 17.3 Å². The molecule has 0 bridgehead atoms. The van der Waals surface area contributed by atoms with Crippen molar-refractivity contribution in [3.8, 4) is 11.5 Å². The van der Waals surface area contributed by atoms with Crippen molar-refractivity contribution in [3.63, 3.8) is 0 Å². The van der Waals surface area contributed by atoms with Gasteiger partial charge in [-0.05, 0) is 211 Å². The number of benzene rings is 8. The zero-order valence-electron chi connectivity index (χ0n) is 75.2. The summed E-state index contributed by atoms with van der Waals surface area (Å²) in [6.07, 6.45) is 7.84. The summed E-state index contributed by atoms with van der Waals surface area (Å²) >= 11 is 11.6. The minimum absolute atomic E-state index is 0.000583. The van der Waals surface area contributed by atoms with Crippen LogP contribution in [-0.2, 0) is 45.0 Å². The SMILES string of the molecule is CCCC(C)N1CCC(N(Cc2ccc3c(c2)OCO3)C(=O)Nc2ccc(F)c(C(F)(F)F)c2)CC1.CCCC(C)N1CCC(N(Cc2ccccc2)C(=O)Nc2ccc(Cl)c(C(F)(F)F)c2)CC1.CCCC(C)N1CCC(N(Cc2ccccc2)C(=O)Nc2cccc(Cl)c2F)CC1.CCCCN1CCC(N(Cc2ccccc2)C(=O)Nc2cccc(CC)c2)CC1. The highest BCUT2D eigenvalue weighted by molar-refractivity contribution is 6.31. The van der Waals surface area contributed by atoms with Crippen molar-refractivity contribution < 1.29 is 63.8 Å². The third-order valence-electron chi connectivity index (χ3n) is 24.9. The fourth-order valence-corrected chi connectivity index (χ4v) is 17.9. The maximum Gasteiger partial charge on any atom is 0.419 e. The molecule has 5 aliphatic heterocycles. The van der Waals surface area contributed by atoms with Gasteiger partial charge in [0, 0.05) is 138 Å². The second kappa shape index (κ2) is 49.9. The smallest absolute Gasteiger partial charge is 0.419 e. The highest BCUT2D eigenvalue weighted by Crippen LogP contribution is 2.39. The number of fused-ring (bicyclic) bond motifs is 1. The number of nitrogens with one attached hydrogen (secondary N) is 4. The van der Waals surface area contributed by atoms with Crippen molar-refractivity contribution in [1.82, 2.24) is 39.2 Å². The van der Waals surface area contributed by atoms with Gasteiger partial charge in [-0.1, -0.05) is 199 Å². The van der Waals surface area contributed by atoms with Crippen molar-refractivity contribution in [2.75, 3.05) is 87.0 Å². The second-order valence-corrected chi connectivity index (χ2v) is 34.9. The number of nitrogens with zero attached hydrogens (tertiary/aromatic N) is 8. The van der Waals surface area contributed by atoms with Gasteiger partial charge < -0.3 is 69.9 Å². The molecule has 3 atom stereocenters. The standard InChI is InChI=1S/C26H31F4N3O3.C25H31ClF3N3O.C25H35N3O.C24H31ClFN3O/c1-3-4-17(2)32-11-9-20(10-12-32)33(15-18-5-8-23-24(13-18)36-16-35-23)25(34)31-19-6-7-22(27)21(14-19)26(28,29)30;1-3-7-18(2)31-14-12-21(13-15-31)32(17-19-8-5-4-6-9-19)24(33)30-20-10-11-23(26)22(16-20)25(27,28)29;1-3-5-16-27-17-14-24(15-18-27)28(20-22-10-7-6-8-11-22)25(29)26-23-13-9-12-21(4-2)19-23;1-3-8-18(2)28-15-13-20(14-16-28)29(17-19-9-5-4-6-10-19)24(30)27-22-12-7-11-21(25)23(22)26/h5-8,13-14,17,20H,3-4,9-12,15-16H2,1-2H3,(H,31,34);4-6,8-11,16,18,21H,3,7,12-15,17H2,1-2H3,(H,30,33);6-13,19,24H,3-5,14-18,20H2,1-2H3,(H,26,29);4-7,9-12,18,20H,3,8,13-17H2,1-2H3,(H,27,30). The first kappa shape index (κ1) is 100. The Kier molecular flexibility index (Phi) is 39.2. The van der Waals surface area contributed by atoms with Gasteiger partial charge in [0.05, 0.1) is 26.9 Å². The number of ether oxygens (including phenoxy) is 2. The van der Waals surface area contributed by atoms with Crippen LogP contribution in [0.3, 0.4) is 0 Å². The maximum absolute atomic E-state index is 14.3. The summed E-state index contributed by atoms with van der Waals surface area (Å²) in [4.78, 5) is 70.3. The number of piperidine rings is 4. The number of likely N-dealkylation sites (tertiary alicyclic amines) is 4. The van der Waals surface area contributed by atoms with Gasteiger partial charge in [0.2, 0.25) is 6.79 Å². The number of anilines is 4. The molecular weight excluding hydrogens is 1690 g/mol. The quantitative estimate of drug-likeness (QED) is 0.0332. The minimum atomic E-state index is -4.86. The summed E-state index contributed by atoms with van der Waals surface area (Å²) in [6.45, 7) is 28.2. The van der Waals surface area contributed by atoms with Crippen LogP contribution in [0.1, 0.15) is 197 Å². The zero-order chi connectivity index (χ0) is 91.9. The van der Waals surface area contributed by atoms with E-state index in [2.05, 4.69) is 121 Å². The fraction of sp³-hybridized carbons (Fsp3) is 0.480. The van der Waals surface area contributed by atoms with Crippen molar-refractivity contribution in [3.05, 3.63) is 249 Å². The van der Waals surface area contributed by atoms with Crippen LogP contribution in [-0.4, -0.2) is 171 Å². The molecule has 694 valence electrons. The molecule has 0 radical (unpaired) electrons. The van der Waals surface area contributed by atoms with E-state index in [-0.39, 0.29) is 71.7 Å². The highest BCUT2D eigenvalue weighted by atomic mass is 35.5. The number of carbonyl (C=O) groups excluding carboxylic acids is 4. The van der Waals surface area contributed by atoms with Crippen LogP contribution in [0.5, 0.6) is 11.5 Å². The van der Waals surface area contributed by atoms with Gasteiger partial charge >= 0.3 is 36.5 Å². The average Bonchev–Trinajstić information content (AvgIpc) is 1.38. The lowest BCUT2D eigenvalue weighted by atomic mass is 10.00. The fourth-order valence-electron chi connectivity index (χ4n) is 17.5. The Hall–Kier alpha value is -9.70. The lowest BCUT2D eigenvalue weighted by molar-refractivity contribution is -0.140. The number of hydrogen-bond donors (Lipinski definition) is 4. The summed E-state index contributed by atoms with van der Waals surface area (Å²) in [5.41, 5.74) is 3.83. The normalized spacial score (nSPS) is 16.3. The summed E-state index contributed by atoms with van der Waals surface area (Å²) in [6, 6.07) is 54.6. The number of rotatable bonds is 29. The van der Waals surface area contributed by atoms with E-state index >= 15 is 0 Å². The number of aryl methyl sites for hydroxylation is 1. The topological polar surface area (TPSA) is 161 Å². The number of amides is 8. The van der Waals surface area contributed by atoms with E-state index in [9.17, 15) is 54.3 Å². The van der Waals surface area contributed by atoms with Crippen LogP contribution in [0.4, 0.5) is 77.1 Å². The lowest BCUT2D eigenvalue weighted by Crippen LogP contribution is -2.50. The van der Waals surface area contributed by atoms with Crippen molar-refractivity contribution in [1.29, 1.82) is 0 Å². The molecule has 0 aliphatic carbocycles. The lowest BCUT2D eigenvalue weighted by Gasteiger charge is -2.40. The van der Waals surface area contributed by atoms with Crippen molar-refractivity contribution in [2.45, 2.75) is 245 Å². The highest BCUT2D eigenvalue weighted by Gasteiger charge is 2.39. The van der Waals surface area contributed by atoms with Crippen LogP contribution in [0, 0.1) is 11.6 Å². The molecule has 0 aromatic heterocycles. The summed E-state index contributed by atoms with van der Waals surface area (Å²) in [7, 11) is 0. The molecule has 3 unspecified atom stereocenters. The number of unbranched alkanes of at least 4 members (excludes halogenated alkanes) is 1. The first-order valence-electron chi connectivity index (χ1n) is 45.5. The Morgan fingerprint density at radius 2 is 0.781 bits per heavy atom. The number of carbonyl (C=O) groups is 4.